The fraction of sp³-hybridized carbons (Fsp3) is 0. The lowest BCUT2D eigenvalue weighted by atomic mass is 10.3. The van der Waals surface area contributed by atoms with Gasteiger partial charge in [0.2, 0.25) is 0 Å². The van der Waals surface area contributed by atoms with E-state index in [1.807, 2.05) is 0 Å². The molecule has 2 rings (SSSR count). The van der Waals surface area contributed by atoms with Crippen molar-refractivity contribution in [3.8, 4) is 0 Å². The summed E-state index contributed by atoms with van der Waals surface area (Å²) < 4.78 is 0. The average molecular weight is 233 g/mol. The van der Waals surface area contributed by atoms with Crippen LogP contribution in [0.5, 0.6) is 0 Å². The van der Waals surface area contributed by atoms with E-state index in [-0.39, 0.29) is 5.91 Å². The molecule has 3 nitrogen and oxygen atoms in total. The molecule has 0 spiro atoms. The van der Waals surface area contributed by atoms with Crippen LogP contribution in [0.15, 0.2) is 48.7 Å². The van der Waals surface area contributed by atoms with Gasteiger partial charge in [0.1, 0.15) is 5.69 Å². The zero-order valence-corrected chi connectivity index (χ0v) is 9.11. The summed E-state index contributed by atoms with van der Waals surface area (Å²) in [6.07, 6.45) is 1.58. The number of aromatic nitrogens is 1. The fourth-order valence-electron chi connectivity index (χ4n) is 1.23. The van der Waals surface area contributed by atoms with E-state index in [9.17, 15) is 4.79 Å². The molecule has 0 bridgehead atoms. The number of nitrogens with zero attached hydrogens (tertiary/aromatic N) is 1. The quantitative estimate of drug-likeness (QED) is 0.865. The van der Waals surface area contributed by atoms with Crippen molar-refractivity contribution in [2.24, 2.45) is 0 Å². The summed E-state index contributed by atoms with van der Waals surface area (Å²) in [6, 6.07) is 12.1. The van der Waals surface area contributed by atoms with Gasteiger partial charge in [-0.25, -0.2) is 0 Å². The monoisotopic (exact) mass is 232 g/mol. The van der Waals surface area contributed by atoms with Crippen molar-refractivity contribution in [3.63, 3.8) is 0 Å². The van der Waals surface area contributed by atoms with Gasteiger partial charge in [0.05, 0.1) is 0 Å². The van der Waals surface area contributed by atoms with Crippen molar-refractivity contribution >= 4 is 23.2 Å². The maximum absolute atomic E-state index is 11.7. The van der Waals surface area contributed by atoms with Crippen LogP contribution in [0, 0.1) is 0 Å². The van der Waals surface area contributed by atoms with Gasteiger partial charge in [0.15, 0.2) is 0 Å². The first-order valence-corrected chi connectivity index (χ1v) is 5.11. The lowest BCUT2D eigenvalue weighted by Gasteiger charge is -2.03. The van der Waals surface area contributed by atoms with E-state index in [1.54, 1.807) is 48.7 Å². The van der Waals surface area contributed by atoms with Crippen LogP contribution in [0.2, 0.25) is 5.02 Å². The lowest BCUT2D eigenvalue weighted by Crippen LogP contribution is -2.13. The van der Waals surface area contributed by atoms with Crippen LogP contribution in [0.4, 0.5) is 5.69 Å². The number of halogens is 1. The van der Waals surface area contributed by atoms with Crippen molar-refractivity contribution in [3.05, 3.63) is 59.4 Å². The van der Waals surface area contributed by atoms with E-state index >= 15 is 0 Å². The van der Waals surface area contributed by atoms with Crippen LogP contribution in [-0.4, -0.2) is 10.9 Å². The molecule has 0 unspecified atom stereocenters. The summed E-state index contributed by atoms with van der Waals surface area (Å²) in [6.45, 7) is 0. The standard InChI is InChI=1S/C12H9ClN2O/c13-9-4-6-10(7-5-9)15-12(16)11-3-1-2-8-14-11/h1-8H,(H,15,16). The maximum atomic E-state index is 11.7. The number of hydrogen-bond acceptors (Lipinski definition) is 2. The lowest BCUT2D eigenvalue weighted by molar-refractivity contribution is 0.102. The Kier molecular flexibility index (Phi) is 3.17. The number of anilines is 1. The SMILES string of the molecule is O=C(Nc1ccc(Cl)cc1)c1ccccn1. The number of carbonyl (C=O) groups is 1. The summed E-state index contributed by atoms with van der Waals surface area (Å²) in [7, 11) is 0. The molecule has 1 N–H and O–H groups in total. The van der Waals surface area contributed by atoms with Gasteiger partial charge in [-0.15, -0.1) is 0 Å². The molecule has 2 aromatic rings. The van der Waals surface area contributed by atoms with E-state index in [2.05, 4.69) is 10.3 Å². The minimum atomic E-state index is -0.233. The van der Waals surface area contributed by atoms with Crippen molar-refractivity contribution in [1.29, 1.82) is 0 Å². The highest BCUT2D eigenvalue weighted by Crippen LogP contribution is 2.13. The predicted octanol–water partition coefficient (Wildman–Crippen LogP) is 2.99. The highest BCUT2D eigenvalue weighted by atomic mass is 35.5. The third-order valence-corrected chi connectivity index (χ3v) is 2.25. The summed E-state index contributed by atoms with van der Waals surface area (Å²) in [5.41, 5.74) is 1.08. The molecule has 16 heavy (non-hydrogen) atoms. The maximum Gasteiger partial charge on any atom is 0.274 e. The highest BCUT2D eigenvalue weighted by Gasteiger charge is 2.05. The number of amides is 1. The minimum absolute atomic E-state index is 0.233. The van der Waals surface area contributed by atoms with E-state index in [4.69, 9.17) is 11.6 Å². The average Bonchev–Trinajstić information content (AvgIpc) is 2.33. The number of rotatable bonds is 2. The largest absolute Gasteiger partial charge is 0.321 e. The number of pyridine rings is 1. The topological polar surface area (TPSA) is 42.0 Å². The number of nitrogens with one attached hydrogen (secondary N) is 1. The van der Waals surface area contributed by atoms with Gasteiger partial charge < -0.3 is 5.32 Å². The van der Waals surface area contributed by atoms with Crippen LogP contribution < -0.4 is 5.32 Å². The van der Waals surface area contributed by atoms with Gasteiger partial charge in [-0.1, -0.05) is 17.7 Å². The van der Waals surface area contributed by atoms with Crippen LogP contribution in [0.3, 0.4) is 0 Å². The molecule has 0 fully saturated rings. The first-order valence-electron chi connectivity index (χ1n) is 4.73. The molecule has 4 heteroatoms. The molecular formula is C12H9ClN2O. The Bertz CT molecular complexity index is 482. The van der Waals surface area contributed by atoms with Crippen LogP contribution >= 0.6 is 11.6 Å². The predicted molar refractivity (Wildman–Crippen MR) is 63.6 cm³/mol. The number of hydrogen-bond donors (Lipinski definition) is 1. The van der Waals surface area contributed by atoms with E-state index < -0.39 is 0 Å². The Hall–Kier alpha value is -1.87. The molecule has 1 aromatic heterocycles. The molecule has 0 saturated heterocycles. The van der Waals surface area contributed by atoms with Gasteiger partial charge in [-0.3, -0.25) is 9.78 Å². The Morgan fingerprint density at radius 1 is 1.12 bits per heavy atom. The zero-order chi connectivity index (χ0) is 11.4. The van der Waals surface area contributed by atoms with Crippen molar-refractivity contribution in [2.45, 2.75) is 0 Å². The number of benzene rings is 1. The molecule has 0 atom stereocenters. The van der Waals surface area contributed by atoms with Crippen LogP contribution in [0.25, 0.3) is 0 Å². The van der Waals surface area contributed by atoms with E-state index in [0.717, 1.165) is 0 Å². The van der Waals surface area contributed by atoms with E-state index in [1.165, 1.54) is 0 Å². The molecule has 1 aromatic carbocycles. The summed E-state index contributed by atoms with van der Waals surface area (Å²) in [4.78, 5) is 15.6. The van der Waals surface area contributed by atoms with Gasteiger partial charge >= 0.3 is 0 Å². The van der Waals surface area contributed by atoms with Gasteiger partial charge in [-0.05, 0) is 36.4 Å². The molecule has 1 heterocycles. The third-order valence-electron chi connectivity index (χ3n) is 2.00. The molecule has 0 aliphatic heterocycles. The molecule has 0 aliphatic carbocycles. The molecular weight excluding hydrogens is 224 g/mol. The second-order valence-corrected chi connectivity index (χ2v) is 3.61. The summed E-state index contributed by atoms with van der Waals surface area (Å²) >= 11 is 5.74. The molecule has 1 amide bonds. The smallest absolute Gasteiger partial charge is 0.274 e. The normalized spacial score (nSPS) is 9.81. The van der Waals surface area contributed by atoms with Crippen LogP contribution in [-0.2, 0) is 0 Å². The Balaban J connectivity index is 2.11. The molecule has 0 saturated carbocycles. The highest BCUT2D eigenvalue weighted by molar-refractivity contribution is 6.30. The Morgan fingerprint density at radius 2 is 1.88 bits per heavy atom. The van der Waals surface area contributed by atoms with Gasteiger partial charge in [0.25, 0.3) is 5.91 Å². The Morgan fingerprint density at radius 3 is 2.50 bits per heavy atom. The second-order valence-electron chi connectivity index (χ2n) is 3.18. The van der Waals surface area contributed by atoms with Gasteiger partial charge in [-0.2, -0.15) is 0 Å². The number of carbonyl (C=O) groups excluding carboxylic acids is 1. The van der Waals surface area contributed by atoms with Crippen LogP contribution in [0.1, 0.15) is 10.5 Å². The molecule has 80 valence electrons. The second kappa shape index (κ2) is 4.77. The molecule has 0 aliphatic rings. The van der Waals surface area contributed by atoms with Crippen molar-refractivity contribution < 1.29 is 4.79 Å². The zero-order valence-electron chi connectivity index (χ0n) is 8.35. The Labute approximate surface area is 98.1 Å². The van der Waals surface area contributed by atoms with Gasteiger partial charge in [0, 0.05) is 16.9 Å². The summed E-state index contributed by atoms with van der Waals surface area (Å²) in [5.74, 6) is -0.233. The van der Waals surface area contributed by atoms with Crippen molar-refractivity contribution in [2.75, 3.05) is 5.32 Å². The first kappa shape index (κ1) is 10.6. The first-order chi connectivity index (χ1) is 7.75. The van der Waals surface area contributed by atoms with Crippen molar-refractivity contribution in [1.82, 2.24) is 4.98 Å². The molecule has 0 radical (unpaired) electrons. The fourth-order valence-corrected chi connectivity index (χ4v) is 1.35. The minimum Gasteiger partial charge on any atom is -0.321 e. The summed E-state index contributed by atoms with van der Waals surface area (Å²) in [5, 5.41) is 3.36. The third kappa shape index (κ3) is 2.58. The van der Waals surface area contributed by atoms with E-state index in [0.29, 0.717) is 16.4 Å².